The number of ether oxygens (including phenoxy) is 1. The van der Waals surface area contributed by atoms with Crippen LogP contribution in [-0.2, 0) is 4.74 Å². The average molecular weight is 405 g/mol. The molecule has 0 spiro atoms. The molecule has 4 unspecified atom stereocenters. The van der Waals surface area contributed by atoms with Gasteiger partial charge in [-0.05, 0) is 30.1 Å². The van der Waals surface area contributed by atoms with Gasteiger partial charge in [-0.1, -0.05) is 123 Å². The highest BCUT2D eigenvalue weighted by molar-refractivity contribution is 5.15. The molecule has 0 aromatic heterocycles. The van der Waals surface area contributed by atoms with E-state index >= 15 is 0 Å². The molecule has 29 heavy (non-hydrogen) atoms. The first-order valence-electron chi connectivity index (χ1n) is 12.2. The van der Waals surface area contributed by atoms with Crippen LogP contribution in [0.5, 0.6) is 0 Å². The van der Waals surface area contributed by atoms with Crippen LogP contribution < -0.4 is 0 Å². The Hall–Kier alpha value is -0.860. The molecule has 0 aliphatic rings. The van der Waals surface area contributed by atoms with Crippen molar-refractivity contribution in [3.05, 3.63) is 35.9 Å². The number of aliphatic hydroxyl groups excluding tert-OH is 1. The molecule has 4 atom stereocenters. The Labute approximate surface area is 181 Å². The lowest BCUT2D eigenvalue weighted by molar-refractivity contribution is -0.105. The minimum absolute atomic E-state index is 0.626. The van der Waals surface area contributed by atoms with Crippen molar-refractivity contribution in [2.24, 2.45) is 23.7 Å². The molecule has 168 valence electrons. The highest BCUT2D eigenvalue weighted by atomic mass is 16.6. The Morgan fingerprint density at radius 2 is 1.10 bits per heavy atom. The second kappa shape index (κ2) is 15.9. The van der Waals surface area contributed by atoms with Gasteiger partial charge in [0.25, 0.3) is 0 Å². The summed E-state index contributed by atoms with van der Waals surface area (Å²) in [4.78, 5) is 0. The molecule has 0 aliphatic carbocycles. The van der Waals surface area contributed by atoms with Crippen molar-refractivity contribution in [2.75, 3.05) is 6.61 Å². The molecule has 0 saturated heterocycles. The fourth-order valence-electron chi connectivity index (χ4n) is 4.03. The maximum atomic E-state index is 10.1. The smallest absolute Gasteiger partial charge is 0.181 e. The van der Waals surface area contributed by atoms with Crippen LogP contribution in [0.2, 0.25) is 0 Å². The number of rotatable bonds is 17. The topological polar surface area (TPSA) is 29.5 Å². The third-order valence-corrected chi connectivity index (χ3v) is 6.24. The zero-order valence-electron chi connectivity index (χ0n) is 19.9. The molecule has 1 rings (SSSR count). The van der Waals surface area contributed by atoms with Gasteiger partial charge in [0.15, 0.2) is 6.29 Å². The van der Waals surface area contributed by atoms with Crippen molar-refractivity contribution >= 4 is 0 Å². The van der Waals surface area contributed by atoms with E-state index in [1.165, 1.54) is 57.8 Å². The lowest BCUT2D eigenvalue weighted by Gasteiger charge is -2.17. The van der Waals surface area contributed by atoms with Crippen molar-refractivity contribution in [3.8, 4) is 0 Å². The van der Waals surface area contributed by atoms with Crippen LogP contribution in [0.15, 0.2) is 30.3 Å². The summed E-state index contributed by atoms with van der Waals surface area (Å²) in [7, 11) is 0. The highest BCUT2D eigenvalue weighted by Gasteiger charge is 2.10. The van der Waals surface area contributed by atoms with Crippen molar-refractivity contribution in [1.29, 1.82) is 0 Å². The molecule has 2 heteroatoms. The van der Waals surface area contributed by atoms with Crippen molar-refractivity contribution in [3.63, 3.8) is 0 Å². The first kappa shape index (κ1) is 26.2. The molecule has 0 radical (unpaired) electrons. The van der Waals surface area contributed by atoms with E-state index in [0.29, 0.717) is 12.5 Å². The van der Waals surface area contributed by atoms with Gasteiger partial charge in [-0.3, -0.25) is 0 Å². The van der Waals surface area contributed by atoms with Crippen molar-refractivity contribution in [2.45, 2.75) is 105 Å². The molecule has 0 amide bonds. The first-order valence-corrected chi connectivity index (χ1v) is 12.2. The summed E-state index contributed by atoms with van der Waals surface area (Å²) in [5.74, 6) is 3.25. The lowest BCUT2D eigenvalue weighted by Crippen LogP contribution is -2.08. The molecule has 0 heterocycles. The molecule has 1 aromatic carbocycles. The van der Waals surface area contributed by atoms with Crippen LogP contribution in [0.25, 0.3) is 0 Å². The molecular formula is C27H48O2. The zero-order valence-corrected chi connectivity index (χ0v) is 19.9. The van der Waals surface area contributed by atoms with E-state index in [9.17, 15) is 5.11 Å². The monoisotopic (exact) mass is 404 g/mol. The fourth-order valence-corrected chi connectivity index (χ4v) is 4.03. The van der Waals surface area contributed by atoms with E-state index in [0.717, 1.165) is 29.7 Å². The van der Waals surface area contributed by atoms with E-state index in [1.54, 1.807) is 0 Å². The number of hydrogen-bond donors (Lipinski definition) is 1. The summed E-state index contributed by atoms with van der Waals surface area (Å²) in [5.41, 5.74) is 0.836. The van der Waals surface area contributed by atoms with Gasteiger partial charge in [-0.2, -0.15) is 0 Å². The molecule has 0 aliphatic heterocycles. The van der Waals surface area contributed by atoms with Gasteiger partial charge in [0.2, 0.25) is 0 Å². The molecule has 1 N–H and O–H groups in total. The van der Waals surface area contributed by atoms with Gasteiger partial charge in [0.1, 0.15) is 0 Å². The standard InChI is InChI=1S/C27H48O2/c1-22(2)12-9-13-23(3)14-10-15-24(4)16-11-17-25(5)20-21-29-27(28)26-18-7-6-8-19-26/h6-8,18-19,22-25,27-28H,9-17,20-21H2,1-5H3. The Morgan fingerprint density at radius 3 is 1.59 bits per heavy atom. The molecule has 0 fully saturated rings. The third kappa shape index (κ3) is 13.9. The van der Waals surface area contributed by atoms with E-state index in [-0.39, 0.29) is 0 Å². The lowest BCUT2D eigenvalue weighted by atomic mass is 9.91. The summed E-state index contributed by atoms with van der Waals surface area (Å²) in [6, 6.07) is 9.62. The summed E-state index contributed by atoms with van der Waals surface area (Å²) in [5, 5.41) is 10.1. The predicted molar refractivity (Wildman–Crippen MR) is 126 cm³/mol. The quantitative estimate of drug-likeness (QED) is 0.265. The largest absolute Gasteiger partial charge is 0.364 e. The first-order chi connectivity index (χ1) is 13.9. The van der Waals surface area contributed by atoms with Crippen LogP contribution in [0, 0.1) is 23.7 Å². The molecule has 0 bridgehead atoms. The Bertz CT molecular complexity index is 485. The van der Waals surface area contributed by atoms with Crippen molar-refractivity contribution < 1.29 is 9.84 Å². The van der Waals surface area contributed by atoms with Crippen LogP contribution in [0.1, 0.15) is 111 Å². The number of aliphatic hydroxyl groups is 1. The van der Waals surface area contributed by atoms with Gasteiger partial charge >= 0.3 is 0 Å². The van der Waals surface area contributed by atoms with Gasteiger partial charge in [0.05, 0.1) is 6.61 Å². The second-order valence-corrected chi connectivity index (χ2v) is 9.92. The summed E-state index contributed by atoms with van der Waals surface area (Å²) in [6.45, 7) is 12.4. The highest BCUT2D eigenvalue weighted by Crippen LogP contribution is 2.23. The number of benzene rings is 1. The SMILES string of the molecule is CC(C)CCCC(C)CCCC(C)CCCC(C)CCOC(O)c1ccccc1. The summed E-state index contributed by atoms with van der Waals surface area (Å²) in [6.07, 6.45) is 12.5. The minimum Gasteiger partial charge on any atom is -0.364 e. The van der Waals surface area contributed by atoms with Gasteiger partial charge < -0.3 is 9.84 Å². The summed E-state index contributed by atoms with van der Waals surface area (Å²) < 4.78 is 5.60. The van der Waals surface area contributed by atoms with Crippen molar-refractivity contribution in [1.82, 2.24) is 0 Å². The summed E-state index contributed by atoms with van der Waals surface area (Å²) >= 11 is 0. The van der Waals surface area contributed by atoms with Crippen LogP contribution in [0.4, 0.5) is 0 Å². The maximum Gasteiger partial charge on any atom is 0.181 e. The third-order valence-electron chi connectivity index (χ3n) is 6.24. The minimum atomic E-state index is -0.795. The van der Waals surface area contributed by atoms with E-state index in [1.807, 2.05) is 30.3 Å². The molecule has 1 aromatic rings. The Kier molecular flexibility index (Phi) is 14.4. The van der Waals surface area contributed by atoms with Crippen LogP contribution in [0.3, 0.4) is 0 Å². The van der Waals surface area contributed by atoms with Crippen LogP contribution in [-0.4, -0.2) is 11.7 Å². The second-order valence-electron chi connectivity index (χ2n) is 9.92. The molecule has 0 saturated carbocycles. The van der Waals surface area contributed by atoms with Gasteiger partial charge in [-0.15, -0.1) is 0 Å². The normalized spacial score (nSPS) is 16.0. The molecule has 2 nitrogen and oxygen atoms in total. The van der Waals surface area contributed by atoms with E-state index < -0.39 is 6.29 Å². The maximum absolute atomic E-state index is 10.1. The van der Waals surface area contributed by atoms with Gasteiger partial charge in [-0.25, -0.2) is 0 Å². The fraction of sp³-hybridized carbons (Fsp3) is 0.778. The van der Waals surface area contributed by atoms with Crippen LogP contribution >= 0.6 is 0 Å². The number of hydrogen-bond acceptors (Lipinski definition) is 2. The van der Waals surface area contributed by atoms with E-state index in [2.05, 4.69) is 34.6 Å². The van der Waals surface area contributed by atoms with Gasteiger partial charge in [0, 0.05) is 5.56 Å². The molecular weight excluding hydrogens is 356 g/mol. The Balaban J connectivity index is 2.00. The Morgan fingerprint density at radius 1 is 0.655 bits per heavy atom. The van der Waals surface area contributed by atoms with E-state index in [4.69, 9.17) is 4.74 Å². The zero-order chi connectivity index (χ0) is 21.5. The average Bonchev–Trinajstić information content (AvgIpc) is 2.68. The predicted octanol–water partition coefficient (Wildman–Crippen LogP) is 8.16.